The van der Waals surface area contributed by atoms with Crippen LogP contribution in [0.15, 0.2) is 29.2 Å². The molecule has 1 aromatic rings. The molecule has 0 saturated carbocycles. The first kappa shape index (κ1) is 16.6. The number of benzene rings is 1. The highest BCUT2D eigenvalue weighted by Gasteiger charge is 2.34. The Morgan fingerprint density at radius 3 is 2.64 bits per heavy atom. The van der Waals surface area contributed by atoms with Gasteiger partial charge in [-0.25, -0.2) is 13.1 Å². The highest BCUT2D eigenvalue weighted by molar-refractivity contribution is 7.89. The molecular formula is C13H14F3N3O2S. The Balaban J connectivity index is 2.20. The number of alkyl halides is 3. The molecule has 0 amide bonds. The Labute approximate surface area is 126 Å². The maximum absolute atomic E-state index is 12.7. The molecule has 1 aliphatic rings. The van der Waals surface area contributed by atoms with Crippen LogP contribution in [0.2, 0.25) is 0 Å². The summed E-state index contributed by atoms with van der Waals surface area (Å²) >= 11 is 0. The number of nitrogens with one attached hydrogen (secondary N) is 1. The third-order valence-electron chi connectivity index (χ3n) is 3.50. The van der Waals surface area contributed by atoms with Gasteiger partial charge in [0.05, 0.1) is 10.5 Å². The minimum absolute atomic E-state index is 0.112. The van der Waals surface area contributed by atoms with Crippen LogP contribution in [0, 0.1) is 11.5 Å². The van der Waals surface area contributed by atoms with Crippen molar-refractivity contribution < 1.29 is 21.6 Å². The lowest BCUT2D eigenvalue weighted by Crippen LogP contribution is -2.36. The van der Waals surface area contributed by atoms with E-state index in [-0.39, 0.29) is 12.6 Å². The van der Waals surface area contributed by atoms with Gasteiger partial charge in [0, 0.05) is 18.6 Å². The third-order valence-corrected chi connectivity index (χ3v) is 5.01. The largest absolute Gasteiger partial charge is 0.416 e. The van der Waals surface area contributed by atoms with Crippen LogP contribution in [0.5, 0.6) is 0 Å². The molecule has 22 heavy (non-hydrogen) atoms. The molecule has 1 saturated heterocycles. The van der Waals surface area contributed by atoms with Crippen molar-refractivity contribution in [3.63, 3.8) is 0 Å². The zero-order chi connectivity index (χ0) is 16.5. The first-order chi connectivity index (χ1) is 10.1. The maximum Gasteiger partial charge on any atom is 0.416 e. The molecule has 0 spiro atoms. The van der Waals surface area contributed by atoms with Crippen molar-refractivity contribution in [2.45, 2.75) is 36.5 Å². The molecule has 0 unspecified atom stereocenters. The lowest BCUT2D eigenvalue weighted by Gasteiger charge is -2.14. The summed E-state index contributed by atoms with van der Waals surface area (Å²) in [7, 11) is -4.07. The second-order valence-electron chi connectivity index (χ2n) is 5.18. The zero-order valence-corrected chi connectivity index (χ0v) is 12.4. The van der Waals surface area contributed by atoms with E-state index in [1.807, 2.05) is 6.19 Å². The van der Waals surface area contributed by atoms with E-state index in [4.69, 9.17) is 5.26 Å². The molecule has 1 aliphatic heterocycles. The predicted octanol–water partition coefficient (Wildman–Crippen LogP) is 1.93. The number of nitrogens with zero attached hydrogens (tertiary/aromatic N) is 2. The van der Waals surface area contributed by atoms with Crippen molar-refractivity contribution >= 4 is 10.0 Å². The summed E-state index contributed by atoms with van der Waals surface area (Å²) in [5, 5.41) is 8.87. The van der Waals surface area contributed by atoms with Crippen LogP contribution in [0.1, 0.15) is 18.9 Å². The van der Waals surface area contributed by atoms with Crippen LogP contribution in [0.4, 0.5) is 13.2 Å². The quantitative estimate of drug-likeness (QED) is 0.858. The number of halogens is 3. The van der Waals surface area contributed by atoms with Crippen molar-refractivity contribution in [2.75, 3.05) is 6.54 Å². The van der Waals surface area contributed by atoms with Gasteiger partial charge in [-0.3, -0.25) is 0 Å². The van der Waals surface area contributed by atoms with Crippen molar-refractivity contribution in [2.24, 2.45) is 0 Å². The molecule has 2 atom stereocenters. The van der Waals surface area contributed by atoms with Crippen LogP contribution in [0.3, 0.4) is 0 Å². The molecule has 1 N–H and O–H groups in total. The molecule has 0 aromatic heterocycles. The van der Waals surface area contributed by atoms with Gasteiger partial charge in [-0.1, -0.05) is 6.07 Å². The number of hydrogen-bond donors (Lipinski definition) is 1. The fourth-order valence-electron chi connectivity index (χ4n) is 2.38. The molecule has 1 aromatic carbocycles. The van der Waals surface area contributed by atoms with Gasteiger partial charge in [0.2, 0.25) is 10.0 Å². The van der Waals surface area contributed by atoms with Crippen molar-refractivity contribution in [3.05, 3.63) is 29.8 Å². The number of hydrogen-bond acceptors (Lipinski definition) is 4. The van der Waals surface area contributed by atoms with Gasteiger partial charge in [0.15, 0.2) is 6.19 Å². The lowest BCUT2D eigenvalue weighted by molar-refractivity contribution is -0.137. The van der Waals surface area contributed by atoms with Gasteiger partial charge in [-0.15, -0.1) is 0 Å². The van der Waals surface area contributed by atoms with E-state index in [2.05, 4.69) is 4.72 Å². The van der Waals surface area contributed by atoms with Gasteiger partial charge in [0.1, 0.15) is 0 Å². The SMILES string of the molecule is C[C@H]1C[C@@H](NS(=O)(=O)c2cccc(C(F)(F)F)c2)CN1C#N. The van der Waals surface area contributed by atoms with E-state index in [1.54, 1.807) is 6.92 Å². The zero-order valence-electron chi connectivity index (χ0n) is 11.6. The fourth-order valence-corrected chi connectivity index (χ4v) is 3.67. The van der Waals surface area contributed by atoms with E-state index in [9.17, 15) is 21.6 Å². The predicted molar refractivity (Wildman–Crippen MR) is 72.0 cm³/mol. The molecule has 0 radical (unpaired) electrons. The second-order valence-corrected chi connectivity index (χ2v) is 6.89. The molecular weight excluding hydrogens is 319 g/mol. The minimum Gasteiger partial charge on any atom is -0.306 e. The van der Waals surface area contributed by atoms with E-state index in [1.165, 1.54) is 4.90 Å². The Hall–Kier alpha value is -1.79. The number of nitriles is 1. The van der Waals surface area contributed by atoms with E-state index in [0.717, 1.165) is 18.2 Å². The maximum atomic E-state index is 12.7. The van der Waals surface area contributed by atoms with Crippen molar-refractivity contribution in [1.82, 2.24) is 9.62 Å². The molecule has 9 heteroatoms. The summed E-state index contributed by atoms with van der Waals surface area (Å²) < 4.78 is 64.7. The van der Waals surface area contributed by atoms with Gasteiger partial charge in [-0.2, -0.15) is 18.4 Å². The Morgan fingerprint density at radius 1 is 1.41 bits per heavy atom. The second kappa shape index (κ2) is 5.78. The van der Waals surface area contributed by atoms with Gasteiger partial charge in [-0.05, 0) is 31.5 Å². The van der Waals surface area contributed by atoms with E-state index >= 15 is 0 Å². The standard InChI is InChI=1S/C13H14F3N3O2S/c1-9-5-11(7-19(9)8-17)18-22(20,21)12-4-2-3-10(6-12)13(14,15)16/h2-4,6,9,11,18H,5,7H2,1H3/t9-,11+/m0/s1. The number of rotatable bonds is 3. The van der Waals surface area contributed by atoms with Crippen molar-refractivity contribution in [1.29, 1.82) is 5.26 Å². The van der Waals surface area contributed by atoms with Gasteiger partial charge >= 0.3 is 6.18 Å². The van der Waals surface area contributed by atoms with Crippen molar-refractivity contribution in [3.8, 4) is 6.19 Å². The van der Waals surface area contributed by atoms with Crippen LogP contribution in [-0.4, -0.2) is 31.9 Å². The average molecular weight is 333 g/mol. The summed E-state index contributed by atoms with van der Waals surface area (Å²) in [6, 6.07) is 2.96. The van der Waals surface area contributed by atoms with E-state index in [0.29, 0.717) is 12.5 Å². The van der Waals surface area contributed by atoms with E-state index < -0.39 is 32.7 Å². The number of likely N-dealkylation sites (tertiary alicyclic amines) is 1. The normalized spacial score (nSPS) is 22.6. The van der Waals surface area contributed by atoms with Gasteiger partial charge in [0.25, 0.3) is 0 Å². The summed E-state index contributed by atoms with van der Waals surface area (Å²) in [6.45, 7) is 1.98. The molecule has 0 bridgehead atoms. The molecule has 5 nitrogen and oxygen atoms in total. The van der Waals surface area contributed by atoms with Gasteiger partial charge < -0.3 is 4.90 Å². The molecule has 1 fully saturated rings. The Bertz CT molecular complexity index is 697. The molecule has 1 heterocycles. The smallest absolute Gasteiger partial charge is 0.306 e. The summed E-state index contributed by atoms with van der Waals surface area (Å²) in [6.07, 6.45) is -2.24. The lowest BCUT2D eigenvalue weighted by atomic mass is 10.2. The Kier molecular flexibility index (Phi) is 4.35. The Morgan fingerprint density at radius 2 is 2.09 bits per heavy atom. The minimum atomic E-state index is -4.61. The molecule has 2 rings (SSSR count). The highest BCUT2D eigenvalue weighted by atomic mass is 32.2. The summed E-state index contributed by atoms with van der Waals surface area (Å²) in [4.78, 5) is 0.990. The molecule has 0 aliphatic carbocycles. The van der Waals surface area contributed by atoms with Crippen LogP contribution < -0.4 is 4.72 Å². The fraction of sp³-hybridized carbons (Fsp3) is 0.462. The highest BCUT2D eigenvalue weighted by Crippen LogP contribution is 2.30. The molecule has 120 valence electrons. The van der Waals surface area contributed by atoms with Crippen LogP contribution >= 0.6 is 0 Å². The monoisotopic (exact) mass is 333 g/mol. The first-order valence-corrected chi connectivity index (χ1v) is 7.98. The summed E-state index contributed by atoms with van der Waals surface area (Å²) in [5.41, 5.74) is -1.02. The van der Waals surface area contributed by atoms with Crippen LogP contribution in [-0.2, 0) is 16.2 Å². The number of sulfonamides is 1. The average Bonchev–Trinajstić information content (AvgIpc) is 2.77. The third kappa shape index (κ3) is 3.51. The van der Waals surface area contributed by atoms with Crippen LogP contribution in [0.25, 0.3) is 0 Å². The first-order valence-electron chi connectivity index (χ1n) is 6.49. The topological polar surface area (TPSA) is 73.2 Å². The summed E-state index contributed by atoms with van der Waals surface area (Å²) in [5.74, 6) is 0.